The summed E-state index contributed by atoms with van der Waals surface area (Å²) < 4.78 is 16.5. The standard InChI is InChI=1S/C19H9ClN2O6S/c20-16-11-3-2-10(22(24)25)7-15(11)29-17(16)18-21-12(19(23)28-18)5-9-1-4-13-14(6-9)27-8-26-13/h1-7H,8H2/b12-5+. The maximum atomic E-state index is 12.3. The van der Waals surface area contributed by atoms with Crippen molar-refractivity contribution in [3.05, 3.63) is 67.7 Å². The van der Waals surface area contributed by atoms with Gasteiger partial charge in [-0.25, -0.2) is 9.79 Å². The van der Waals surface area contributed by atoms with E-state index in [0.29, 0.717) is 37.0 Å². The highest BCUT2D eigenvalue weighted by molar-refractivity contribution is 7.21. The number of halogens is 1. The molecule has 144 valence electrons. The van der Waals surface area contributed by atoms with Gasteiger partial charge in [0.05, 0.1) is 9.95 Å². The van der Waals surface area contributed by atoms with Crippen LogP contribution in [0.3, 0.4) is 0 Å². The molecule has 1 aromatic heterocycles. The van der Waals surface area contributed by atoms with Crippen LogP contribution in [0.1, 0.15) is 10.4 Å². The molecule has 0 spiro atoms. The summed E-state index contributed by atoms with van der Waals surface area (Å²) in [6.45, 7) is 0.155. The summed E-state index contributed by atoms with van der Waals surface area (Å²) in [4.78, 5) is 27.5. The van der Waals surface area contributed by atoms with Crippen LogP contribution in [-0.2, 0) is 9.53 Å². The number of thiophene rings is 1. The first-order valence-corrected chi connectivity index (χ1v) is 9.48. The van der Waals surface area contributed by atoms with Gasteiger partial charge in [0.2, 0.25) is 12.7 Å². The van der Waals surface area contributed by atoms with Crippen molar-refractivity contribution in [1.82, 2.24) is 0 Å². The smallest absolute Gasteiger partial charge is 0.363 e. The number of hydrogen-bond acceptors (Lipinski definition) is 8. The molecule has 0 saturated heterocycles. The summed E-state index contributed by atoms with van der Waals surface area (Å²) in [7, 11) is 0. The summed E-state index contributed by atoms with van der Waals surface area (Å²) in [5.41, 5.74) is 0.762. The van der Waals surface area contributed by atoms with E-state index in [4.69, 9.17) is 25.8 Å². The molecule has 0 bridgehead atoms. The number of nitro groups is 1. The fraction of sp³-hybridized carbons (Fsp3) is 0.0526. The second-order valence-electron chi connectivity index (χ2n) is 6.13. The molecule has 3 heterocycles. The maximum Gasteiger partial charge on any atom is 0.363 e. The highest BCUT2D eigenvalue weighted by Crippen LogP contribution is 2.39. The van der Waals surface area contributed by atoms with Crippen molar-refractivity contribution in [1.29, 1.82) is 0 Å². The van der Waals surface area contributed by atoms with Crippen LogP contribution in [0.5, 0.6) is 11.5 Å². The largest absolute Gasteiger partial charge is 0.454 e. The van der Waals surface area contributed by atoms with Crippen molar-refractivity contribution in [3.63, 3.8) is 0 Å². The fourth-order valence-corrected chi connectivity index (χ4v) is 4.44. The molecule has 10 heteroatoms. The van der Waals surface area contributed by atoms with Gasteiger partial charge in [-0.15, -0.1) is 11.3 Å². The second kappa shape index (κ2) is 6.57. The molecule has 8 nitrogen and oxygen atoms in total. The summed E-state index contributed by atoms with van der Waals surface area (Å²) in [5.74, 6) is 0.675. The summed E-state index contributed by atoms with van der Waals surface area (Å²) in [6, 6.07) is 9.62. The lowest BCUT2D eigenvalue weighted by Crippen LogP contribution is -2.04. The molecule has 0 fully saturated rings. The molecular formula is C19H9ClN2O6S. The molecular weight excluding hydrogens is 420 g/mol. The van der Waals surface area contributed by atoms with Crippen LogP contribution in [0.15, 0.2) is 47.1 Å². The van der Waals surface area contributed by atoms with Gasteiger partial charge in [-0.05, 0) is 29.8 Å². The molecule has 0 atom stereocenters. The van der Waals surface area contributed by atoms with E-state index in [2.05, 4.69) is 4.99 Å². The number of carbonyl (C=O) groups excluding carboxylic acids is 1. The quantitative estimate of drug-likeness (QED) is 0.263. The Morgan fingerprint density at radius 2 is 2.00 bits per heavy atom. The number of non-ortho nitro benzene ring substituents is 1. The van der Waals surface area contributed by atoms with Crippen molar-refractivity contribution < 1.29 is 23.9 Å². The Balaban J connectivity index is 1.53. The molecule has 2 aromatic carbocycles. The number of aliphatic imine (C=N–C) groups is 1. The van der Waals surface area contributed by atoms with Crippen molar-refractivity contribution in [2.45, 2.75) is 0 Å². The van der Waals surface area contributed by atoms with Crippen molar-refractivity contribution in [2.75, 3.05) is 6.79 Å². The summed E-state index contributed by atoms with van der Waals surface area (Å²) >= 11 is 7.58. The van der Waals surface area contributed by atoms with Crippen LogP contribution in [0.25, 0.3) is 16.2 Å². The van der Waals surface area contributed by atoms with Gasteiger partial charge in [0.25, 0.3) is 5.69 Å². The van der Waals surface area contributed by atoms with E-state index >= 15 is 0 Å². The van der Waals surface area contributed by atoms with Gasteiger partial charge >= 0.3 is 5.97 Å². The van der Waals surface area contributed by atoms with Crippen LogP contribution in [0, 0.1) is 10.1 Å². The zero-order valence-electron chi connectivity index (χ0n) is 14.4. The van der Waals surface area contributed by atoms with Crippen LogP contribution in [0.2, 0.25) is 5.02 Å². The van der Waals surface area contributed by atoms with E-state index in [9.17, 15) is 14.9 Å². The Labute approximate surface area is 171 Å². The fourth-order valence-electron chi connectivity index (χ4n) is 2.97. The Morgan fingerprint density at radius 3 is 2.83 bits per heavy atom. The molecule has 0 aliphatic carbocycles. The second-order valence-corrected chi connectivity index (χ2v) is 7.56. The zero-order chi connectivity index (χ0) is 20.1. The number of cyclic esters (lactones) is 1. The molecule has 5 rings (SSSR count). The lowest BCUT2D eigenvalue weighted by Gasteiger charge is -1.97. The van der Waals surface area contributed by atoms with Crippen molar-refractivity contribution in [3.8, 4) is 11.5 Å². The minimum absolute atomic E-state index is 0.0456. The number of carbonyl (C=O) groups is 1. The number of hydrogen-bond donors (Lipinski definition) is 0. The number of rotatable bonds is 3. The van der Waals surface area contributed by atoms with Gasteiger partial charge < -0.3 is 14.2 Å². The highest BCUT2D eigenvalue weighted by atomic mass is 35.5. The number of benzene rings is 2. The molecule has 2 aliphatic heterocycles. The van der Waals surface area contributed by atoms with E-state index in [1.807, 2.05) is 0 Å². The van der Waals surface area contributed by atoms with Gasteiger partial charge in [0.1, 0.15) is 4.88 Å². The first kappa shape index (κ1) is 17.7. The molecule has 0 saturated carbocycles. The van der Waals surface area contributed by atoms with Gasteiger partial charge in [-0.1, -0.05) is 17.7 Å². The third kappa shape index (κ3) is 3.00. The minimum atomic E-state index is -0.614. The van der Waals surface area contributed by atoms with Gasteiger partial charge in [0.15, 0.2) is 17.2 Å². The summed E-state index contributed by atoms with van der Waals surface area (Å²) in [6.07, 6.45) is 1.57. The molecule has 0 amide bonds. The average molecular weight is 429 g/mol. The minimum Gasteiger partial charge on any atom is -0.454 e. The first-order valence-electron chi connectivity index (χ1n) is 8.28. The Morgan fingerprint density at radius 1 is 1.17 bits per heavy atom. The van der Waals surface area contributed by atoms with Crippen LogP contribution in [-0.4, -0.2) is 23.6 Å². The zero-order valence-corrected chi connectivity index (χ0v) is 16.0. The van der Waals surface area contributed by atoms with E-state index in [1.165, 1.54) is 23.5 Å². The van der Waals surface area contributed by atoms with E-state index in [0.717, 1.165) is 0 Å². The van der Waals surface area contributed by atoms with Gasteiger partial charge in [-0.2, -0.15) is 0 Å². The highest BCUT2D eigenvalue weighted by Gasteiger charge is 2.28. The number of fused-ring (bicyclic) bond motifs is 2. The van der Waals surface area contributed by atoms with E-state index in [1.54, 1.807) is 30.3 Å². The Hall–Kier alpha value is -3.43. The number of ether oxygens (including phenoxy) is 3. The number of nitro benzene ring substituents is 1. The lowest BCUT2D eigenvalue weighted by atomic mass is 10.1. The topological polar surface area (TPSA) is 100 Å². The molecule has 2 aliphatic rings. The average Bonchev–Trinajstić information content (AvgIpc) is 3.39. The molecule has 3 aromatic rings. The Kier molecular flexibility index (Phi) is 4.00. The summed E-state index contributed by atoms with van der Waals surface area (Å²) in [5, 5.41) is 11.9. The van der Waals surface area contributed by atoms with Gasteiger partial charge in [-0.3, -0.25) is 10.1 Å². The van der Waals surface area contributed by atoms with Crippen molar-refractivity contribution in [2.24, 2.45) is 4.99 Å². The molecule has 0 radical (unpaired) electrons. The van der Waals surface area contributed by atoms with E-state index < -0.39 is 10.9 Å². The monoisotopic (exact) mass is 428 g/mol. The molecule has 0 N–H and O–H groups in total. The third-order valence-corrected chi connectivity index (χ3v) is 5.98. The SMILES string of the molecule is O=C1OC(c2sc3cc([N+](=O)[O-])ccc3c2Cl)=N/C1=C/c1ccc2c(c1)OCO2. The van der Waals surface area contributed by atoms with Crippen LogP contribution >= 0.6 is 22.9 Å². The van der Waals surface area contributed by atoms with Crippen LogP contribution in [0.4, 0.5) is 5.69 Å². The third-order valence-electron chi connectivity index (χ3n) is 4.34. The lowest BCUT2D eigenvalue weighted by molar-refractivity contribution is -0.384. The molecule has 29 heavy (non-hydrogen) atoms. The van der Waals surface area contributed by atoms with Crippen molar-refractivity contribution >= 4 is 56.7 Å². The number of nitrogens with zero attached hydrogens (tertiary/aromatic N) is 2. The van der Waals surface area contributed by atoms with Gasteiger partial charge in [0, 0.05) is 22.2 Å². The van der Waals surface area contributed by atoms with E-state index in [-0.39, 0.29) is 24.1 Å². The normalized spacial score (nSPS) is 16.4. The molecule has 0 unspecified atom stereocenters. The Bertz CT molecular complexity index is 1280. The predicted molar refractivity (Wildman–Crippen MR) is 107 cm³/mol. The first-order chi connectivity index (χ1) is 14.0. The van der Waals surface area contributed by atoms with Crippen LogP contribution < -0.4 is 9.47 Å². The number of esters is 1. The maximum absolute atomic E-state index is 12.3. The predicted octanol–water partition coefficient (Wildman–Crippen LogP) is 4.54.